The number of fused-ring (bicyclic) bond motifs is 1. The van der Waals surface area contributed by atoms with Crippen molar-refractivity contribution in [2.24, 2.45) is 0 Å². The van der Waals surface area contributed by atoms with E-state index in [0.717, 1.165) is 6.42 Å². The molecule has 0 aliphatic rings. The summed E-state index contributed by atoms with van der Waals surface area (Å²) in [5.74, 6) is -0.562. The van der Waals surface area contributed by atoms with Crippen LogP contribution in [0.3, 0.4) is 0 Å². The van der Waals surface area contributed by atoms with E-state index in [-0.39, 0.29) is 11.6 Å². The quantitative estimate of drug-likeness (QED) is 0.825. The average molecular weight is 261 g/mol. The van der Waals surface area contributed by atoms with Crippen molar-refractivity contribution >= 4 is 28.5 Å². The lowest BCUT2D eigenvalue weighted by atomic mass is 10.2. The molecule has 0 spiro atoms. The Hall–Kier alpha value is -2.37. The van der Waals surface area contributed by atoms with E-state index >= 15 is 0 Å². The Bertz CT molecular complexity index is 619. The molecule has 0 bridgehead atoms. The van der Waals surface area contributed by atoms with Gasteiger partial charge < -0.3 is 10.1 Å². The van der Waals surface area contributed by atoms with Crippen LogP contribution < -0.4 is 5.32 Å². The zero-order valence-electron chi connectivity index (χ0n) is 10.8. The van der Waals surface area contributed by atoms with E-state index in [4.69, 9.17) is 0 Å². The molecule has 1 amide bonds. The SMILES string of the molecule is CCCC(=O)Nc1ccc2[nH]nc(C(=O)OC)c2c1. The molecule has 0 aliphatic carbocycles. The van der Waals surface area contributed by atoms with Crippen LogP contribution >= 0.6 is 0 Å². The highest BCUT2D eigenvalue weighted by atomic mass is 16.5. The molecule has 19 heavy (non-hydrogen) atoms. The van der Waals surface area contributed by atoms with Crippen molar-refractivity contribution in [3.8, 4) is 0 Å². The highest BCUT2D eigenvalue weighted by Gasteiger charge is 2.15. The fraction of sp³-hybridized carbons (Fsp3) is 0.308. The molecule has 0 fully saturated rings. The number of carbonyl (C=O) groups excluding carboxylic acids is 2. The van der Waals surface area contributed by atoms with Crippen molar-refractivity contribution in [1.29, 1.82) is 0 Å². The molecule has 0 aliphatic heterocycles. The summed E-state index contributed by atoms with van der Waals surface area (Å²) in [4.78, 5) is 23.1. The number of esters is 1. The molecule has 0 unspecified atom stereocenters. The molecule has 1 heterocycles. The minimum Gasteiger partial charge on any atom is -0.464 e. The lowest BCUT2D eigenvalue weighted by molar-refractivity contribution is -0.116. The minimum absolute atomic E-state index is 0.0510. The van der Waals surface area contributed by atoms with E-state index in [1.807, 2.05) is 6.92 Å². The third kappa shape index (κ3) is 2.73. The summed E-state index contributed by atoms with van der Waals surface area (Å²) in [6, 6.07) is 5.23. The second-order valence-electron chi connectivity index (χ2n) is 4.12. The summed E-state index contributed by atoms with van der Waals surface area (Å²) in [6.45, 7) is 1.94. The monoisotopic (exact) mass is 261 g/mol. The lowest BCUT2D eigenvalue weighted by Gasteiger charge is -2.04. The first kappa shape index (κ1) is 13.1. The number of benzene rings is 1. The van der Waals surface area contributed by atoms with Crippen LogP contribution in [0.4, 0.5) is 5.69 Å². The Morgan fingerprint density at radius 1 is 1.42 bits per heavy atom. The molecule has 6 heteroatoms. The van der Waals surface area contributed by atoms with Gasteiger partial charge in [-0.05, 0) is 24.6 Å². The van der Waals surface area contributed by atoms with Crippen LogP contribution in [0, 0.1) is 0 Å². The van der Waals surface area contributed by atoms with Gasteiger partial charge in [0.05, 0.1) is 12.6 Å². The predicted octanol–water partition coefficient (Wildman–Crippen LogP) is 2.09. The number of methoxy groups -OCH3 is 1. The third-order valence-corrected chi connectivity index (χ3v) is 2.70. The number of anilines is 1. The Morgan fingerprint density at radius 3 is 2.89 bits per heavy atom. The van der Waals surface area contributed by atoms with Gasteiger partial charge in [0.2, 0.25) is 5.91 Å². The molecule has 2 rings (SSSR count). The summed E-state index contributed by atoms with van der Waals surface area (Å²) < 4.78 is 4.65. The summed E-state index contributed by atoms with van der Waals surface area (Å²) in [5.41, 5.74) is 1.57. The number of nitrogens with zero attached hydrogens (tertiary/aromatic N) is 1. The number of H-pyrrole nitrogens is 1. The van der Waals surface area contributed by atoms with Crippen LogP contribution in [0.15, 0.2) is 18.2 Å². The maximum absolute atomic E-state index is 11.5. The van der Waals surface area contributed by atoms with E-state index in [0.29, 0.717) is 23.0 Å². The fourth-order valence-corrected chi connectivity index (χ4v) is 1.79. The van der Waals surface area contributed by atoms with Crippen LogP contribution in [-0.4, -0.2) is 29.2 Å². The van der Waals surface area contributed by atoms with Gasteiger partial charge in [0.25, 0.3) is 0 Å². The van der Waals surface area contributed by atoms with Crippen LogP contribution in [0.5, 0.6) is 0 Å². The van der Waals surface area contributed by atoms with E-state index in [9.17, 15) is 9.59 Å². The van der Waals surface area contributed by atoms with Gasteiger partial charge >= 0.3 is 5.97 Å². The second-order valence-corrected chi connectivity index (χ2v) is 4.12. The number of carbonyl (C=O) groups is 2. The normalized spacial score (nSPS) is 10.4. The summed E-state index contributed by atoms with van der Waals surface area (Å²) in [7, 11) is 1.30. The van der Waals surface area contributed by atoms with Gasteiger partial charge in [-0.25, -0.2) is 4.79 Å². The van der Waals surface area contributed by atoms with Gasteiger partial charge in [0.1, 0.15) is 0 Å². The molecular weight excluding hydrogens is 246 g/mol. The van der Waals surface area contributed by atoms with Gasteiger partial charge in [-0.15, -0.1) is 0 Å². The maximum Gasteiger partial charge on any atom is 0.359 e. The number of hydrogen-bond acceptors (Lipinski definition) is 4. The highest BCUT2D eigenvalue weighted by Crippen LogP contribution is 2.21. The zero-order valence-corrected chi connectivity index (χ0v) is 10.8. The summed E-state index contributed by atoms with van der Waals surface area (Å²) in [5, 5.41) is 10.1. The van der Waals surface area contributed by atoms with Gasteiger partial charge in [-0.3, -0.25) is 9.89 Å². The Kier molecular flexibility index (Phi) is 3.79. The van der Waals surface area contributed by atoms with Crippen molar-refractivity contribution < 1.29 is 14.3 Å². The summed E-state index contributed by atoms with van der Waals surface area (Å²) in [6.07, 6.45) is 1.25. The van der Waals surface area contributed by atoms with Gasteiger partial charge in [0.15, 0.2) is 5.69 Å². The first-order chi connectivity index (χ1) is 9.15. The molecular formula is C13H15N3O3. The molecule has 2 aromatic rings. The number of hydrogen-bond donors (Lipinski definition) is 2. The predicted molar refractivity (Wildman–Crippen MR) is 71.0 cm³/mol. The number of rotatable bonds is 4. The van der Waals surface area contributed by atoms with E-state index < -0.39 is 5.97 Å². The van der Waals surface area contributed by atoms with E-state index in [1.54, 1.807) is 18.2 Å². The van der Waals surface area contributed by atoms with Gasteiger partial charge in [-0.2, -0.15) is 5.10 Å². The number of nitrogens with one attached hydrogen (secondary N) is 2. The topological polar surface area (TPSA) is 84.1 Å². The van der Waals surface area contributed by atoms with Gasteiger partial charge in [-0.1, -0.05) is 6.92 Å². The summed E-state index contributed by atoms with van der Waals surface area (Å²) >= 11 is 0. The molecule has 0 saturated heterocycles. The van der Waals surface area contributed by atoms with Crippen molar-refractivity contribution in [2.45, 2.75) is 19.8 Å². The molecule has 1 aromatic carbocycles. The molecule has 0 atom stereocenters. The van der Waals surface area contributed by atoms with Crippen LogP contribution in [0.2, 0.25) is 0 Å². The zero-order chi connectivity index (χ0) is 13.8. The molecule has 1 aromatic heterocycles. The fourth-order valence-electron chi connectivity index (χ4n) is 1.79. The van der Waals surface area contributed by atoms with Crippen molar-refractivity contribution in [3.63, 3.8) is 0 Å². The number of amides is 1. The van der Waals surface area contributed by atoms with Crippen LogP contribution in [-0.2, 0) is 9.53 Å². The minimum atomic E-state index is -0.511. The van der Waals surface area contributed by atoms with Gasteiger partial charge in [0, 0.05) is 17.5 Å². The van der Waals surface area contributed by atoms with Crippen LogP contribution in [0.1, 0.15) is 30.3 Å². The van der Waals surface area contributed by atoms with Crippen molar-refractivity contribution in [3.05, 3.63) is 23.9 Å². The second kappa shape index (κ2) is 5.51. The molecule has 0 radical (unpaired) electrons. The Labute approximate surface area is 110 Å². The Balaban J connectivity index is 2.33. The number of ether oxygens (including phenoxy) is 1. The smallest absolute Gasteiger partial charge is 0.359 e. The molecule has 100 valence electrons. The van der Waals surface area contributed by atoms with Crippen molar-refractivity contribution in [1.82, 2.24) is 10.2 Å². The maximum atomic E-state index is 11.5. The molecule has 2 N–H and O–H groups in total. The van der Waals surface area contributed by atoms with Crippen molar-refractivity contribution in [2.75, 3.05) is 12.4 Å². The largest absolute Gasteiger partial charge is 0.464 e. The standard InChI is InChI=1S/C13H15N3O3/c1-3-4-11(17)14-8-5-6-10-9(7-8)12(16-15-10)13(18)19-2/h5-7H,3-4H2,1-2H3,(H,14,17)(H,15,16). The highest BCUT2D eigenvalue weighted by molar-refractivity contribution is 6.03. The lowest BCUT2D eigenvalue weighted by Crippen LogP contribution is -2.10. The first-order valence-corrected chi connectivity index (χ1v) is 6.02. The first-order valence-electron chi connectivity index (χ1n) is 6.02. The third-order valence-electron chi connectivity index (χ3n) is 2.70. The number of aromatic nitrogens is 2. The number of aromatic amines is 1. The van der Waals surface area contributed by atoms with E-state index in [2.05, 4.69) is 20.3 Å². The molecule has 0 saturated carbocycles. The Morgan fingerprint density at radius 2 is 2.21 bits per heavy atom. The average Bonchev–Trinajstić information content (AvgIpc) is 2.81. The van der Waals surface area contributed by atoms with Crippen LogP contribution in [0.25, 0.3) is 10.9 Å². The molecule has 6 nitrogen and oxygen atoms in total. The van der Waals surface area contributed by atoms with E-state index in [1.165, 1.54) is 7.11 Å².